The van der Waals surface area contributed by atoms with E-state index in [2.05, 4.69) is 5.32 Å². The van der Waals surface area contributed by atoms with E-state index in [0.29, 0.717) is 27.2 Å². The first kappa shape index (κ1) is 24.3. The number of rotatable bonds is 6. The van der Waals surface area contributed by atoms with Crippen LogP contribution in [0.4, 0.5) is 4.39 Å². The third kappa shape index (κ3) is 4.30. The molecule has 0 spiro atoms. The fourth-order valence-electron chi connectivity index (χ4n) is 3.78. The van der Waals surface area contributed by atoms with Gasteiger partial charge in [0.2, 0.25) is 5.91 Å². The third-order valence-corrected chi connectivity index (χ3v) is 6.27. The summed E-state index contributed by atoms with van der Waals surface area (Å²) in [7, 11) is 0. The molecule has 0 fully saturated rings. The van der Waals surface area contributed by atoms with Crippen LogP contribution >= 0.6 is 11.6 Å². The Balaban J connectivity index is 2.18. The molecule has 1 heterocycles. The van der Waals surface area contributed by atoms with Gasteiger partial charge in [-0.05, 0) is 63.1 Å². The molecule has 0 aliphatic rings. The average Bonchev–Trinajstić information content (AvgIpc) is 3.03. The molecule has 0 aliphatic heterocycles. The van der Waals surface area contributed by atoms with Gasteiger partial charge in [0.1, 0.15) is 5.54 Å². The predicted octanol–water partition coefficient (Wildman–Crippen LogP) is 4.61. The molecule has 33 heavy (non-hydrogen) atoms. The summed E-state index contributed by atoms with van der Waals surface area (Å²) in [6.07, 6.45) is 0.155. The molecule has 2 atom stereocenters. The minimum atomic E-state index is -1.48. The van der Waals surface area contributed by atoms with Crippen LogP contribution in [-0.2, 0) is 9.59 Å². The van der Waals surface area contributed by atoms with E-state index in [1.807, 2.05) is 0 Å². The Morgan fingerprint density at radius 2 is 1.82 bits per heavy atom. The van der Waals surface area contributed by atoms with Gasteiger partial charge in [-0.3, -0.25) is 14.2 Å². The molecule has 3 aromatic rings. The van der Waals surface area contributed by atoms with Gasteiger partial charge in [-0.2, -0.15) is 0 Å². The van der Waals surface area contributed by atoms with Crippen molar-refractivity contribution in [1.29, 1.82) is 0 Å². The lowest BCUT2D eigenvalue weighted by Gasteiger charge is -2.26. The highest BCUT2D eigenvalue weighted by Crippen LogP contribution is 2.36. The number of nitrogens with one attached hydrogen (secondary N) is 1. The second-order valence-corrected chi connectivity index (χ2v) is 8.61. The van der Waals surface area contributed by atoms with E-state index in [9.17, 15) is 29.0 Å². The van der Waals surface area contributed by atoms with E-state index in [0.717, 1.165) is 6.07 Å². The molecule has 1 aromatic heterocycles. The van der Waals surface area contributed by atoms with E-state index in [-0.39, 0.29) is 11.9 Å². The minimum Gasteiger partial charge on any atom is -0.505 e. The number of carbonyl (C=O) groups is 3. The van der Waals surface area contributed by atoms with Gasteiger partial charge in [0.05, 0.1) is 11.4 Å². The molecule has 7 nitrogen and oxygen atoms in total. The smallest absolute Gasteiger partial charge is 0.329 e. The minimum absolute atomic E-state index is 0.155. The number of phenolic OH excluding ortho intramolecular Hbond substituents is 1. The van der Waals surface area contributed by atoms with E-state index in [4.69, 9.17) is 11.6 Å². The van der Waals surface area contributed by atoms with Gasteiger partial charge in [0.25, 0.3) is 5.91 Å². The fourth-order valence-corrected chi connectivity index (χ4v) is 3.91. The number of benzene rings is 2. The SMILES string of the molecule is CCC(C)(NC(=O)[C@H](C)c1c(C)n(C(=O)c2ccc(Cl)cc2)c2cc(F)c(O)cc12)C(=O)O. The zero-order valence-corrected chi connectivity index (χ0v) is 19.3. The van der Waals surface area contributed by atoms with Gasteiger partial charge in [-0.25, -0.2) is 9.18 Å². The van der Waals surface area contributed by atoms with E-state index in [1.165, 1.54) is 29.7 Å². The maximum absolute atomic E-state index is 14.3. The summed E-state index contributed by atoms with van der Waals surface area (Å²) < 4.78 is 15.5. The fraction of sp³-hybridized carbons (Fsp3) is 0.292. The number of phenols is 1. The van der Waals surface area contributed by atoms with Crippen LogP contribution in [0.25, 0.3) is 10.9 Å². The molecule has 2 aromatic carbocycles. The number of carbonyl (C=O) groups excluding carboxylic acids is 2. The zero-order valence-electron chi connectivity index (χ0n) is 18.6. The number of nitrogens with zero attached hydrogens (tertiary/aromatic N) is 1. The van der Waals surface area contributed by atoms with Gasteiger partial charge >= 0.3 is 5.97 Å². The van der Waals surface area contributed by atoms with Crippen LogP contribution < -0.4 is 5.32 Å². The number of aliphatic carboxylic acids is 1. The molecule has 9 heteroatoms. The first-order valence-electron chi connectivity index (χ1n) is 10.3. The van der Waals surface area contributed by atoms with Crippen LogP contribution in [0.3, 0.4) is 0 Å². The number of hydrogen-bond donors (Lipinski definition) is 3. The molecule has 0 bridgehead atoms. The second-order valence-electron chi connectivity index (χ2n) is 8.17. The van der Waals surface area contributed by atoms with Crippen molar-refractivity contribution in [3.8, 4) is 5.75 Å². The van der Waals surface area contributed by atoms with Gasteiger partial charge in [0.15, 0.2) is 11.6 Å². The summed E-state index contributed by atoms with van der Waals surface area (Å²) in [5, 5.41) is 22.8. The first-order chi connectivity index (χ1) is 15.4. The summed E-state index contributed by atoms with van der Waals surface area (Å²) in [5.74, 6) is -4.67. The number of halogens is 2. The lowest BCUT2D eigenvalue weighted by atomic mass is 9.93. The highest BCUT2D eigenvalue weighted by atomic mass is 35.5. The highest BCUT2D eigenvalue weighted by Gasteiger charge is 2.36. The number of carboxylic acids is 1. The van der Waals surface area contributed by atoms with Gasteiger partial charge in [0, 0.05) is 27.7 Å². The average molecular weight is 475 g/mol. The van der Waals surface area contributed by atoms with Crippen molar-refractivity contribution in [2.75, 3.05) is 0 Å². The Labute approximate surface area is 194 Å². The van der Waals surface area contributed by atoms with Gasteiger partial charge in [-0.15, -0.1) is 0 Å². The Kier molecular flexibility index (Phi) is 6.51. The highest BCUT2D eigenvalue weighted by molar-refractivity contribution is 6.30. The molecule has 3 rings (SSSR count). The Morgan fingerprint density at radius 1 is 1.21 bits per heavy atom. The van der Waals surface area contributed by atoms with Crippen LogP contribution in [0, 0.1) is 12.7 Å². The van der Waals surface area contributed by atoms with Crippen LogP contribution in [0.5, 0.6) is 5.75 Å². The maximum Gasteiger partial charge on any atom is 0.329 e. The number of carboxylic acid groups (broad SMARTS) is 1. The second kappa shape index (κ2) is 8.86. The molecular formula is C24H24ClFN2O5. The van der Waals surface area contributed by atoms with Crippen molar-refractivity contribution < 1.29 is 29.0 Å². The van der Waals surface area contributed by atoms with Crippen LogP contribution in [0.15, 0.2) is 36.4 Å². The Bertz CT molecular complexity index is 1270. The normalized spacial score (nSPS) is 14.0. The Morgan fingerprint density at radius 3 is 2.36 bits per heavy atom. The Hall–Kier alpha value is -3.39. The summed E-state index contributed by atoms with van der Waals surface area (Å²) >= 11 is 5.91. The van der Waals surface area contributed by atoms with Gasteiger partial charge < -0.3 is 15.5 Å². The van der Waals surface area contributed by atoms with Crippen LogP contribution in [0.1, 0.15) is 54.7 Å². The van der Waals surface area contributed by atoms with E-state index in [1.54, 1.807) is 32.9 Å². The molecule has 3 N–H and O–H groups in total. The number of amides is 1. The number of aromatic nitrogens is 1. The third-order valence-electron chi connectivity index (χ3n) is 6.02. The maximum atomic E-state index is 14.3. The van der Waals surface area contributed by atoms with E-state index < -0.39 is 40.8 Å². The zero-order chi connectivity index (χ0) is 24.7. The van der Waals surface area contributed by atoms with E-state index >= 15 is 0 Å². The summed E-state index contributed by atoms with van der Waals surface area (Å²) in [5.41, 5.74) is -0.268. The number of fused-ring (bicyclic) bond motifs is 1. The number of aromatic hydroxyl groups is 1. The molecule has 0 saturated carbocycles. The molecule has 0 aliphatic carbocycles. The number of hydrogen-bond acceptors (Lipinski definition) is 4. The van der Waals surface area contributed by atoms with Crippen molar-refractivity contribution in [2.45, 2.75) is 45.6 Å². The lowest BCUT2D eigenvalue weighted by molar-refractivity contribution is -0.147. The summed E-state index contributed by atoms with van der Waals surface area (Å²) in [6.45, 7) is 6.22. The predicted molar refractivity (Wildman–Crippen MR) is 122 cm³/mol. The summed E-state index contributed by atoms with van der Waals surface area (Å²) in [6, 6.07) is 8.36. The van der Waals surface area contributed by atoms with Crippen molar-refractivity contribution >= 4 is 40.3 Å². The van der Waals surface area contributed by atoms with Crippen molar-refractivity contribution in [1.82, 2.24) is 9.88 Å². The first-order valence-corrected chi connectivity index (χ1v) is 10.7. The standard InChI is InChI=1S/C24H24ClFN2O5/c1-5-24(4,23(32)33)27-21(30)12(2)20-13(3)28(18-11-17(26)19(29)10-16(18)20)22(31)14-6-8-15(25)9-7-14/h6-12,29H,5H2,1-4H3,(H,27,30)(H,32,33)/t12-,24?/m1/s1. The quantitative estimate of drug-likeness (QED) is 0.483. The molecule has 1 unspecified atom stereocenters. The van der Waals surface area contributed by atoms with Crippen LogP contribution in [-0.4, -0.2) is 38.1 Å². The molecule has 0 radical (unpaired) electrons. The lowest BCUT2D eigenvalue weighted by Crippen LogP contribution is -2.52. The summed E-state index contributed by atoms with van der Waals surface area (Å²) in [4.78, 5) is 38.0. The van der Waals surface area contributed by atoms with Crippen molar-refractivity contribution in [2.24, 2.45) is 0 Å². The molecular weight excluding hydrogens is 451 g/mol. The van der Waals surface area contributed by atoms with Crippen molar-refractivity contribution in [3.63, 3.8) is 0 Å². The topological polar surface area (TPSA) is 109 Å². The van der Waals surface area contributed by atoms with Gasteiger partial charge in [-0.1, -0.05) is 18.5 Å². The largest absolute Gasteiger partial charge is 0.505 e. The van der Waals surface area contributed by atoms with Crippen molar-refractivity contribution in [3.05, 3.63) is 64.1 Å². The molecule has 1 amide bonds. The molecule has 174 valence electrons. The van der Waals surface area contributed by atoms with Crippen LogP contribution in [0.2, 0.25) is 5.02 Å². The molecule has 0 saturated heterocycles. The monoisotopic (exact) mass is 474 g/mol.